The van der Waals surface area contributed by atoms with E-state index in [2.05, 4.69) is 10.4 Å². The number of hydrogen-bond acceptors (Lipinski definition) is 4. The molecule has 0 fully saturated rings. The number of hydrogen-bond donors (Lipinski definition) is 1. The minimum atomic E-state index is -0.473. The molecule has 7 heteroatoms. The maximum absolute atomic E-state index is 11.8. The lowest BCUT2D eigenvalue weighted by atomic mass is 10.3. The number of anilines is 1. The Hall–Kier alpha value is -2.26. The quantitative estimate of drug-likeness (QED) is 0.881. The third-order valence-corrected chi connectivity index (χ3v) is 2.34. The molecule has 0 unspecified atom stereocenters. The van der Waals surface area contributed by atoms with Crippen LogP contribution in [0.4, 0.5) is 5.82 Å². The van der Waals surface area contributed by atoms with Gasteiger partial charge in [-0.05, 0) is 17.7 Å². The summed E-state index contributed by atoms with van der Waals surface area (Å²) in [6.45, 7) is 0. The predicted octanol–water partition coefficient (Wildman–Crippen LogP) is 1.79. The van der Waals surface area contributed by atoms with Gasteiger partial charge in [0.15, 0.2) is 5.82 Å². The van der Waals surface area contributed by atoms with Crippen molar-refractivity contribution in [2.24, 2.45) is 7.05 Å². The van der Waals surface area contributed by atoms with E-state index in [1.54, 1.807) is 7.05 Å². The van der Waals surface area contributed by atoms with Gasteiger partial charge in [0.05, 0.1) is 11.8 Å². The van der Waals surface area contributed by atoms with Crippen molar-refractivity contribution in [3.05, 3.63) is 34.9 Å². The molecule has 0 saturated heterocycles. The van der Waals surface area contributed by atoms with Crippen molar-refractivity contribution in [3.8, 4) is 6.07 Å². The molecule has 0 bridgehead atoms. The molecule has 0 aliphatic carbocycles. The molecule has 2 aromatic heterocycles. The molecule has 0 aromatic carbocycles. The molecule has 1 amide bonds. The summed E-state index contributed by atoms with van der Waals surface area (Å²) in [5.74, 6) is -0.281. The third kappa shape index (κ3) is 2.14. The maximum Gasteiger partial charge on any atom is 0.261 e. The zero-order valence-electron chi connectivity index (χ0n) is 8.77. The number of nitriles is 1. The zero-order valence-corrected chi connectivity index (χ0v) is 9.52. The molecular weight excluding hydrogens is 244 g/mol. The molecule has 0 saturated carbocycles. The first-order valence-corrected chi connectivity index (χ1v) is 4.97. The SMILES string of the molecule is Cn1cc(C#N)c(NC(=O)c2ccoc2Cl)n1. The Morgan fingerprint density at radius 1 is 1.71 bits per heavy atom. The molecule has 6 nitrogen and oxygen atoms in total. The summed E-state index contributed by atoms with van der Waals surface area (Å²) in [4.78, 5) is 11.8. The summed E-state index contributed by atoms with van der Waals surface area (Å²) in [6.07, 6.45) is 2.81. The van der Waals surface area contributed by atoms with Crippen LogP contribution in [0.25, 0.3) is 0 Å². The largest absolute Gasteiger partial charge is 0.452 e. The molecule has 2 rings (SSSR count). The molecule has 0 atom stereocenters. The first-order chi connectivity index (χ1) is 8.11. The van der Waals surface area contributed by atoms with Crippen LogP contribution in [-0.4, -0.2) is 15.7 Å². The van der Waals surface area contributed by atoms with Gasteiger partial charge >= 0.3 is 0 Å². The van der Waals surface area contributed by atoms with Crippen LogP contribution < -0.4 is 5.32 Å². The van der Waals surface area contributed by atoms with Gasteiger partial charge in [0.1, 0.15) is 11.6 Å². The van der Waals surface area contributed by atoms with E-state index in [4.69, 9.17) is 21.3 Å². The lowest BCUT2D eigenvalue weighted by molar-refractivity contribution is 0.102. The number of aromatic nitrogens is 2. The molecule has 0 aliphatic heterocycles. The second-order valence-corrected chi connectivity index (χ2v) is 3.58. The van der Waals surface area contributed by atoms with Crippen LogP contribution in [0.3, 0.4) is 0 Å². The molecule has 2 aromatic rings. The first kappa shape index (κ1) is 11.2. The topological polar surface area (TPSA) is 83.9 Å². The van der Waals surface area contributed by atoms with Crippen LogP contribution in [0, 0.1) is 11.3 Å². The van der Waals surface area contributed by atoms with Gasteiger partial charge in [-0.25, -0.2) is 0 Å². The Balaban J connectivity index is 2.25. The minimum Gasteiger partial charge on any atom is -0.452 e. The molecule has 0 aliphatic rings. The van der Waals surface area contributed by atoms with Crippen molar-refractivity contribution in [2.75, 3.05) is 5.32 Å². The highest BCUT2D eigenvalue weighted by Crippen LogP contribution is 2.19. The Morgan fingerprint density at radius 2 is 2.47 bits per heavy atom. The van der Waals surface area contributed by atoms with Crippen molar-refractivity contribution in [2.45, 2.75) is 0 Å². The van der Waals surface area contributed by atoms with Crippen molar-refractivity contribution >= 4 is 23.3 Å². The monoisotopic (exact) mass is 250 g/mol. The van der Waals surface area contributed by atoms with Gasteiger partial charge in [-0.15, -0.1) is 0 Å². The molecule has 2 heterocycles. The van der Waals surface area contributed by atoms with Gasteiger partial charge in [0.2, 0.25) is 5.22 Å². The average Bonchev–Trinajstić information content (AvgIpc) is 2.84. The lowest BCUT2D eigenvalue weighted by Gasteiger charge is -1.99. The fraction of sp³-hybridized carbons (Fsp3) is 0.100. The lowest BCUT2D eigenvalue weighted by Crippen LogP contribution is -2.12. The van der Waals surface area contributed by atoms with Gasteiger partial charge in [0.25, 0.3) is 5.91 Å². The summed E-state index contributed by atoms with van der Waals surface area (Å²) in [6, 6.07) is 3.36. The van der Waals surface area contributed by atoms with Crippen LogP contribution in [0.5, 0.6) is 0 Å². The number of nitrogens with zero attached hydrogens (tertiary/aromatic N) is 3. The Labute approximate surface area is 101 Å². The van der Waals surface area contributed by atoms with Crippen LogP contribution in [0.1, 0.15) is 15.9 Å². The van der Waals surface area contributed by atoms with Crippen molar-refractivity contribution in [3.63, 3.8) is 0 Å². The molecular formula is C10H7ClN4O2. The summed E-state index contributed by atoms with van der Waals surface area (Å²) in [5, 5.41) is 15.3. The first-order valence-electron chi connectivity index (χ1n) is 4.60. The van der Waals surface area contributed by atoms with Crippen molar-refractivity contribution in [1.82, 2.24) is 9.78 Å². The molecule has 0 spiro atoms. The number of nitrogens with one attached hydrogen (secondary N) is 1. The molecule has 0 radical (unpaired) electrons. The zero-order chi connectivity index (χ0) is 12.4. The molecule has 17 heavy (non-hydrogen) atoms. The van der Waals surface area contributed by atoms with E-state index in [1.807, 2.05) is 6.07 Å². The Bertz CT molecular complexity index is 608. The number of aryl methyl sites for hydroxylation is 1. The highest BCUT2D eigenvalue weighted by molar-refractivity contribution is 6.32. The number of halogens is 1. The molecule has 86 valence electrons. The second-order valence-electron chi connectivity index (χ2n) is 3.24. The van der Waals surface area contributed by atoms with Gasteiger partial charge in [-0.3, -0.25) is 9.48 Å². The number of amides is 1. The van der Waals surface area contributed by atoms with E-state index >= 15 is 0 Å². The second kappa shape index (κ2) is 4.31. The third-order valence-electron chi connectivity index (χ3n) is 2.04. The Morgan fingerprint density at radius 3 is 3.06 bits per heavy atom. The highest BCUT2D eigenvalue weighted by Gasteiger charge is 2.16. The summed E-state index contributed by atoms with van der Waals surface area (Å²) in [5.41, 5.74) is 0.474. The maximum atomic E-state index is 11.8. The fourth-order valence-corrected chi connectivity index (χ4v) is 1.49. The summed E-state index contributed by atoms with van der Waals surface area (Å²) >= 11 is 5.66. The van der Waals surface area contributed by atoms with Crippen LogP contribution in [-0.2, 0) is 7.05 Å². The van der Waals surface area contributed by atoms with Crippen LogP contribution >= 0.6 is 11.6 Å². The van der Waals surface area contributed by atoms with Gasteiger partial charge in [-0.1, -0.05) is 0 Å². The van der Waals surface area contributed by atoms with Crippen molar-refractivity contribution in [1.29, 1.82) is 5.26 Å². The van der Waals surface area contributed by atoms with Gasteiger partial charge in [-0.2, -0.15) is 10.4 Å². The van der Waals surface area contributed by atoms with Crippen LogP contribution in [0.2, 0.25) is 5.22 Å². The highest BCUT2D eigenvalue weighted by atomic mass is 35.5. The van der Waals surface area contributed by atoms with E-state index in [0.717, 1.165) is 0 Å². The van der Waals surface area contributed by atoms with E-state index in [9.17, 15) is 4.79 Å². The minimum absolute atomic E-state index is 0.00283. The van der Waals surface area contributed by atoms with E-state index in [1.165, 1.54) is 23.2 Å². The smallest absolute Gasteiger partial charge is 0.261 e. The van der Waals surface area contributed by atoms with E-state index < -0.39 is 5.91 Å². The fourth-order valence-electron chi connectivity index (χ4n) is 1.29. The van der Waals surface area contributed by atoms with E-state index in [-0.39, 0.29) is 22.2 Å². The number of rotatable bonds is 2. The average molecular weight is 251 g/mol. The van der Waals surface area contributed by atoms with Gasteiger partial charge in [0, 0.05) is 13.2 Å². The molecule has 1 N–H and O–H groups in total. The van der Waals surface area contributed by atoms with E-state index in [0.29, 0.717) is 0 Å². The number of carbonyl (C=O) groups is 1. The standard InChI is InChI=1S/C10H7ClN4O2/c1-15-5-6(4-12)9(14-15)13-10(16)7-2-3-17-8(7)11/h2-3,5H,1H3,(H,13,14,16). The normalized spacial score (nSPS) is 9.94. The number of furan rings is 1. The number of carbonyl (C=O) groups excluding carboxylic acids is 1. The van der Waals surface area contributed by atoms with Crippen LogP contribution in [0.15, 0.2) is 22.9 Å². The summed E-state index contributed by atoms with van der Waals surface area (Å²) < 4.78 is 6.23. The van der Waals surface area contributed by atoms with Gasteiger partial charge < -0.3 is 9.73 Å². The van der Waals surface area contributed by atoms with Crippen molar-refractivity contribution < 1.29 is 9.21 Å². The summed E-state index contributed by atoms with van der Waals surface area (Å²) in [7, 11) is 1.65. The Kier molecular flexibility index (Phi) is 2.85. The predicted molar refractivity (Wildman–Crippen MR) is 59.6 cm³/mol.